The van der Waals surface area contributed by atoms with Crippen LogP contribution in [0.1, 0.15) is 65.2 Å². The maximum absolute atomic E-state index is 4.27. The van der Waals surface area contributed by atoms with Crippen molar-refractivity contribution in [2.45, 2.75) is 65.2 Å². The van der Waals surface area contributed by atoms with E-state index in [-0.39, 0.29) is 0 Å². The molecule has 114 valence electrons. The first kappa shape index (κ1) is 16.8. The lowest BCUT2D eigenvalue weighted by molar-refractivity contribution is 0.581. The summed E-state index contributed by atoms with van der Waals surface area (Å²) < 4.78 is 0. The van der Waals surface area contributed by atoms with Crippen LogP contribution in [0.25, 0.3) is 0 Å². The molecule has 0 fully saturated rings. The van der Waals surface area contributed by atoms with E-state index >= 15 is 0 Å². The fourth-order valence-corrected chi connectivity index (χ4v) is 2.31. The Balaban J connectivity index is 2.02. The summed E-state index contributed by atoms with van der Waals surface area (Å²) in [5.41, 5.74) is 1.17. The van der Waals surface area contributed by atoms with Gasteiger partial charge in [-0.2, -0.15) is 0 Å². The van der Waals surface area contributed by atoms with Crippen molar-refractivity contribution in [2.75, 3.05) is 23.7 Å². The SMILES string of the molecule is CCCCCCCCCCNc1ccnc(NCC)c1. The number of rotatable bonds is 12. The molecule has 1 heterocycles. The molecule has 0 bridgehead atoms. The summed E-state index contributed by atoms with van der Waals surface area (Å²) in [6.45, 7) is 6.33. The minimum atomic E-state index is 0.911. The molecule has 0 spiro atoms. The molecule has 0 saturated heterocycles. The molecular formula is C17H31N3. The third-order valence-corrected chi connectivity index (χ3v) is 3.48. The molecule has 0 unspecified atom stereocenters. The Bertz CT molecular complexity index is 339. The van der Waals surface area contributed by atoms with E-state index in [4.69, 9.17) is 0 Å². The highest BCUT2D eigenvalue weighted by Gasteiger charge is 1.96. The zero-order valence-corrected chi connectivity index (χ0v) is 13.3. The average Bonchev–Trinajstić information content (AvgIpc) is 2.46. The highest BCUT2D eigenvalue weighted by atomic mass is 15.0. The third-order valence-electron chi connectivity index (χ3n) is 3.48. The van der Waals surface area contributed by atoms with Crippen LogP contribution in [-0.4, -0.2) is 18.1 Å². The molecule has 0 aliphatic carbocycles. The second-order valence-electron chi connectivity index (χ2n) is 5.36. The Morgan fingerprint density at radius 1 is 0.900 bits per heavy atom. The summed E-state index contributed by atoms with van der Waals surface area (Å²) in [6, 6.07) is 4.11. The average molecular weight is 277 g/mol. The van der Waals surface area contributed by atoms with Crippen LogP contribution in [0.5, 0.6) is 0 Å². The van der Waals surface area contributed by atoms with E-state index in [2.05, 4.69) is 35.5 Å². The molecule has 0 saturated carbocycles. The molecule has 1 aromatic rings. The van der Waals surface area contributed by atoms with Crippen LogP contribution in [0.4, 0.5) is 11.5 Å². The second kappa shape index (κ2) is 11.6. The van der Waals surface area contributed by atoms with Gasteiger partial charge in [-0.3, -0.25) is 0 Å². The molecule has 3 heteroatoms. The summed E-state index contributed by atoms with van der Waals surface area (Å²) in [4.78, 5) is 4.27. The van der Waals surface area contributed by atoms with Crippen LogP contribution in [0.3, 0.4) is 0 Å². The van der Waals surface area contributed by atoms with Gasteiger partial charge < -0.3 is 10.6 Å². The number of aromatic nitrogens is 1. The predicted molar refractivity (Wildman–Crippen MR) is 89.5 cm³/mol. The Morgan fingerprint density at radius 3 is 2.30 bits per heavy atom. The number of pyridine rings is 1. The Hall–Kier alpha value is -1.25. The lowest BCUT2D eigenvalue weighted by Crippen LogP contribution is -2.04. The van der Waals surface area contributed by atoms with Gasteiger partial charge in [0.15, 0.2) is 0 Å². The Morgan fingerprint density at radius 2 is 1.60 bits per heavy atom. The highest BCUT2D eigenvalue weighted by Crippen LogP contribution is 2.12. The topological polar surface area (TPSA) is 37.0 Å². The van der Waals surface area contributed by atoms with Crippen LogP contribution in [0.15, 0.2) is 18.3 Å². The largest absolute Gasteiger partial charge is 0.385 e. The van der Waals surface area contributed by atoms with Gasteiger partial charge in [0.05, 0.1) is 0 Å². The van der Waals surface area contributed by atoms with E-state index in [1.165, 1.54) is 57.1 Å². The van der Waals surface area contributed by atoms with Gasteiger partial charge >= 0.3 is 0 Å². The van der Waals surface area contributed by atoms with E-state index in [0.29, 0.717) is 0 Å². The molecule has 3 nitrogen and oxygen atoms in total. The number of anilines is 2. The zero-order chi connectivity index (χ0) is 14.5. The number of nitrogens with zero attached hydrogens (tertiary/aromatic N) is 1. The van der Waals surface area contributed by atoms with Crippen molar-refractivity contribution in [3.8, 4) is 0 Å². The molecule has 0 aliphatic rings. The minimum absolute atomic E-state index is 0.911. The molecule has 1 rings (SSSR count). The summed E-state index contributed by atoms with van der Waals surface area (Å²) in [7, 11) is 0. The fraction of sp³-hybridized carbons (Fsp3) is 0.706. The van der Waals surface area contributed by atoms with Crippen LogP contribution in [0.2, 0.25) is 0 Å². The molecular weight excluding hydrogens is 246 g/mol. The molecule has 0 radical (unpaired) electrons. The van der Waals surface area contributed by atoms with Crippen molar-refractivity contribution in [3.05, 3.63) is 18.3 Å². The molecule has 0 aromatic carbocycles. The summed E-state index contributed by atoms with van der Waals surface area (Å²) in [6.07, 6.45) is 12.8. The van der Waals surface area contributed by atoms with Crippen molar-refractivity contribution < 1.29 is 0 Å². The first-order valence-electron chi connectivity index (χ1n) is 8.30. The van der Waals surface area contributed by atoms with Crippen molar-refractivity contribution in [1.29, 1.82) is 0 Å². The van der Waals surface area contributed by atoms with Crippen molar-refractivity contribution in [1.82, 2.24) is 4.98 Å². The van der Waals surface area contributed by atoms with Crippen LogP contribution < -0.4 is 10.6 Å². The predicted octanol–water partition coefficient (Wildman–Crippen LogP) is 5.07. The van der Waals surface area contributed by atoms with E-state index in [1.807, 2.05) is 12.3 Å². The number of hydrogen-bond donors (Lipinski definition) is 2. The summed E-state index contributed by atoms with van der Waals surface area (Å²) in [5.74, 6) is 0.952. The maximum atomic E-state index is 4.27. The summed E-state index contributed by atoms with van der Waals surface area (Å²) in [5, 5.41) is 6.71. The quantitative estimate of drug-likeness (QED) is 0.524. The number of hydrogen-bond acceptors (Lipinski definition) is 3. The zero-order valence-electron chi connectivity index (χ0n) is 13.3. The van der Waals surface area contributed by atoms with Crippen LogP contribution in [-0.2, 0) is 0 Å². The number of unbranched alkanes of at least 4 members (excludes halogenated alkanes) is 7. The van der Waals surface area contributed by atoms with Gasteiger partial charge in [-0.1, -0.05) is 51.9 Å². The smallest absolute Gasteiger partial charge is 0.127 e. The van der Waals surface area contributed by atoms with Gasteiger partial charge in [-0.15, -0.1) is 0 Å². The van der Waals surface area contributed by atoms with Crippen LogP contribution >= 0.6 is 0 Å². The van der Waals surface area contributed by atoms with E-state index in [1.54, 1.807) is 0 Å². The van der Waals surface area contributed by atoms with E-state index in [9.17, 15) is 0 Å². The van der Waals surface area contributed by atoms with E-state index < -0.39 is 0 Å². The molecule has 0 amide bonds. The lowest BCUT2D eigenvalue weighted by Gasteiger charge is -2.08. The minimum Gasteiger partial charge on any atom is -0.385 e. The fourth-order valence-electron chi connectivity index (χ4n) is 2.31. The third kappa shape index (κ3) is 8.03. The maximum Gasteiger partial charge on any atom is 0.127 e. The molecule has 20 heavy (non-hydrogen) atoms. The molecule has 0 aliphatic heterocycles. The standard InChI is InChI=1S/C17H31N3/c1-3-5-6-7-8-9-10-11-13-19-16-12-14-20-17(15-16)18-4-2/h12,14-15H,3-11,13H2,1-2H3,(H2,18,19,20). The Kier molecular flexibility index (Phi) is 9.72. The van der Waals surface area contributed by atoms with Gasteiger partial charge in [0.2, 0.25) is 0 Å². The van der Waals surface area contributed by atoms with Gasteiger partial charge in [0.25, 0.3) is 0 Å². The van der Waals surface area contributed by atoms with Gasteiger partial charge in [-0.25, -0.2) is 4.98 Å². The van der Waals surface area contributed by atoms with Crippen molar-refractivity contribution >= 4 is 11.5 Å². The summed E-state index contributed by atoms with van der Waals surface area (Å²) >= 11 is 0. The normalized spacial score (nSPS) is 10.5. The van der Waals surface area contributed by atoms with Gasteiger partial charge in [-0.05, 0) is 19.4 Å². The van der Waals surface area contributed by atoms with E-state index in [0.717, 1.165) is 18.9 Å². The van der Waals surface area contributed by atoms with Crippen LogP contribution in [0, 0.1) is 0 Å². The Labute approximate surface area is 124 Å². The monoisotopic (exact) mass is 277 g/mol. The van der Waals surface area contributed by atoms with Crippen molar-refractivity contribution in [3.63, 3.8) is 0 Å². The van der Waals surface area contributed by atoms with Gasteiger partial charge in [0, 0.05) is 31.0 Å². The first-order valence-corrected chi connectivity index (χ1v) is 8.30. The van der Waals surface area contributed by atoms with Crippen molar-refractivity contribution in [2.24, 2.45) is 0 Å². The molecule has 2 N–H and O–H groups in total. The second-order valence-corrected chi connectivity index (χ2v) is 5.36. The first-order chi connectivity index (χ1) is 9.86. The lowest BCUT2D eigenvalue weighted by atomic mass is 10.1. The number of nitrogens with one attached hydrogen (secondary N) is 2. The highest BCUT2D eigenvalue weighted by molar-refractivity contribution is 5.51. The molecule has 0 atom stereocenters. The molecule has 1 aromatic heterocycles. The van der Waals surface area contributed by atoms with Gasteiger partial charge in [0.1, 0.15) is 5.82 Å².